The van der Waals surface area contributed by atoms with Crippen molar-refractivity contribution in [3.63, 3.8) is 0 Å². The minimum Gasteiger partial charge on any atom is -0.399 e. The first-order valence-electron chi connectivity index (χ1n) is 6.40. The Morgan fingerprint density at radius 1 is 1.14 bits per heavy atom. The van der Waals surface area contributed by atoms with Crippen LogP contribution < -0.4 is 5.73 Å². The van der Waals surface area contributed by atoms with E-state index in [0.29, 0.717) is 17.8 Å². The Morgan fingerprint density at radius 2 is 1.86 bits per heavy atom. The molecule has 2 rings (SSSR count). The van der Waals surface area contributed by atoms with E-state index in [0.717, 1.165) is 10.0 Å². The van der Waals surface area contributed by atoms with E-state index in [1.165, 1.54) is 4.31 Å². The topological polar surface area (TPSA) is 63.4 Å². The Morgan fingerprint density at radius 3 is 2.52 bits per heavy atom. The van der Waals surface area contributed by atoms with Crippen molar-refractivity contribution in [2.45, 2.75) is 12.3 Å². The van der Waals surface area contributed by atoms with Crippen LogP contribution in [0.4, 0.5) is 5.69 Å². The summed E-state index contributed by atoms with van der Waals surface area (Å²) in [6, 6.07) is 14.5. The van der Waals surface area contributed by atoms with Gasteiger partial charge in [-0.2, -0.15) is 0 Å². The summed E-state index contributed by atoms with van der Waals surface area (Å²) in [5.74, 6) is -0.0566. The van der Waals surface area contributed by atoms with Gasteiger partial charge in [0.2, 0.25) is 10.0 Å². The Hall–Kier alpha value is -1.37. The maximum Gasteiger partial charge on any atom is 0.218 e. The summed E-state index contributed by atoms with van der Waals surface area (Å²) < 4.78 is 27.0. The fraction of sp³-hybridized carbons (Fsp3) is 0.200. The lowest BCUT2D eigenvalue weighted by atomic mass is 10.2. The number of benzene rings is 2. The van der Waals surface area contributed by atoms with Crippen LogP contribution in [0.15, 0.2) is 53.0 Å². The molecule has 0 aliphatic rings. The summed E-state index contributed by atoms with van der Waals surface area (Å²) in [4.78, 5) is 0. The quantitative estimate of drug-likeness (QED) is 0.825. The van der Waals surface area contributed by atoms with E-state index in [4.69, 9.17) is 5.73 Å². The monoisotopic (exact) mass is 368 g/mol. The van der Waals surface area contributed by atoms with Crippen molar-refractivity contribution in [1.82, 2.24) is 4.31 Å². The molecule has 6 heteroatoms. The Bertz CT molecular complexity index is 732. The van der Waals surface area contributed by atoms with Crippen molar-refractivity contribution < 1.29 is 8.42 Å². The molecule has 0 unspecified atom stereocenters. The van der Waals surface area contributed by atoms with Crippen LogP contribution >= 0.6 is 15.9 Å². The molecule has 0 amide bonds. The van der Waals surface area contributed by atoms with Crippen molar-refractivity contribution in [1.29, 1.82) is 0 Å². The second-order valence-electron chi connectivity index (χ2n) is 4.85. The average molecular weight is 369 g/mol. The summed E-state index contributed by atoms with van der Waals surface area (Å²) in [5, 5.41) is 0. The lowest BCUT2D eigenvalue weighted by Crippen LogP contribution is -2.27. The summed E-state index contributed by atoms with van der Waals surface area (Å²) in [7, 11) is -1.80. The molecule has 0 spiro atoms. The van der Waals surface area contributed by atoms with Crippen molar-refractivity contribution in [2.24, 2.45) is 0 Å². The average Bonchev–Trinajstić information content (AvgIpc) is 2.40. The number of nitrogens with zero attached hydrogens (tertiary/aromatic N) is 1. The molecular weight excluding hydrogens is 352 g/mol. The van der Waals surface area contributed by atoms with Gasteiger partial charge >= 0.3 is 0 Å². The van der Waals surface area contributed by atoms with Crippen LogP contribution in [0.5, 0.6) is 0 Å². The van der Waals surface area contributed by atoms with Crippen molar-refractivity contribution >= 4 is 31.6 Å². The molecule has 0 radical (unpaired) electrons. The van der Waals surface area contributed by atoms with E-state index in [9.17, 15) is 8.42 Å². The van der Waals surface area contributed by atoms with Crippen molar-refractivity contribution in [2.75, 3.05) is 12.8 Å². The predicted molar refractivity (Wildman–Crippen MR) is 89.1 cm³/mol. The van der Waals surface area contributed by atoms with Gasteiger partial charge in [-0.1, -0.05) is 46.3 Å². The lowest BCUT2D eigenvalue weighted by molar-refractivity contribution is 0.465. The zero-order valence-corrected chi connectivity index (χ0v) is 14.1. The second kappa shape index (κ2) is 6.60. The van der Waals surface area contributed by atoms with Crippen LogP contribution in [0.3, 0.4) is 0 Å². The highest BCUT2D eigenvalue weighted by Crippen LogP contribution is 2.20. The first-order valence-corrected chi connectivity index (χ1v) is 8.80. The number of anilines is 1. The predicted octanol–water partition coefficient (Wildman–Crippen LogP) is 2.99. The fourth-order valence-corrected chi connectivity index (χ4v) is 3.54. The summed E-state index contributed by atoms with van der Waals surface area (Å²) >= 11 is 3.43. The molecule has 0 saturated carbocycles. The highest BCUT2D eigenvalue weighted by molar-refractivity contribution is 9.10. The van der Waals surface area contributed by atoms with Crippen LogP contribution in [-0.2, 0) is 22.3 Å². The number of hydrogen-bond acceptors (Lipinski definition) is 3. The van der Waals surface area contributed by atoms with Crippen LogP contribution in [0.25, 0.3) is 0 Å². The van der Waals surface area contributed by atoms with Gasteiger partial charge in [0.05, 0.1) is 5.75 Å². The number of sulfonamides is 1. The second-order valence-corrected chi connectivity index (χ2v) is 7.78. The van der Waals surface area contributed by atoms with E-state index in [2.05, 4.69) is 15.9 Å². The highest BCUT2D eigenvalue weighted by Gasteiger charge is 2.19. The zero-order valence-electron chi connectivity index (χ0n) is 11.7. The van der Waals surface area contributed by atoms with Gasteiger partial charge < -0.3 is 5.73 Å². The largest absolute Gasteiger partial charge is 0.399 e. The van der Waals surface area contributed by atoms with Crippen LogP contribution in [0.1, 0.15) is 11.1 Å². The van der Waals surface area contributed by atoms with Gasteiger partial charge in [-0.25, -0.2) is 12.7 Å². The van der Waals surface area contributed by atoms with E-state index in [1.54, 1.807) is 31.3 Å². The third-order valence-corrected chi connectivity index (χ3v) is 5.68. The number of nitrogens with two attached hydrogens (primary N) is 1. The number of hydrogen-bond donors (Lipinski definition) is 1. The molecule has 2 aromatic rings. The van der Waals surface area contributed by atoms with Gasteiger partial charge in [-0.15, -0.1) is 0 Å². The standard InChI is InChI=1S/C15H17BrN2O2S/c1-18(10-13-6-2-3-8-15(13)16)21(19,20)11-12-5-4-7-14(17)9-12/h2-9H,10-11,17H2,1H3. The van der Waals surface area contributed by atoms with Gasteiger partial charge in [0.15, 0.2) is 0 Å². The number of rotatable bonds is 5. The van der Waals surface area contributed by atoms with E-state index >= 15 is 0 Å². The molecule has 0 bridgehead atoms. The zero-order chi connectivity index (χ0) is 15.5. The van der Waals surface area contributed by atoms with Crippen LogP contribution in [-0.4, -0.2) is 19.8 Å². The third-order valence-electron chi connectivity index (χ3n) is 3.13. The Balaban J connectivity index is 2.14. The SMILES string of the molecule is CN(Cc1ccccc1Br)S(=O)(=O)Cc1cccc(N)c1. The van der Waals surface area contributed by atoms with Gasteiger partial charge in [0.25, 0.3) is 0 Å². The van der Waals surface area contributed by atoms with Gasteiger partial charge in [0, 0.05) is 23.8 Å². The molecule has 0 heterocycles. The Kier molecular flexibility index (Phi) is 5.03. The number of halogens is 1. The fourth-order valence-electron chi connectivity index (χ4n) is 1.97. The van der Waals surface area contributed by atoms with Gasteiger partial charge in [-0.3, -0.25) is 0 Å². The Labute approximate surface area is 133 Å². The molecule has 4 nitrogen and oxygen atoms in total. The van der Waals surface area contributed by atoms with E-state index in [-0.39, 0.29) is 5.75 Å². The summed E-state index contributed by atoms with van der Waals surface area (Å²) in [6.07, 6.45) is 0. The summed E-state index contributed by atoms with van der Waals surface area (Å²) in [6.45, 7) is 0.325. The maximum atomic E-state index is 12.4. The molecule has 2 N–H and O–H groups in total. The minimum absolute atomic E-state index is 0.0566. The van der Waals surface area contributed by atoms with Crippen molar-refractivity contribution in [3.05, 3.63) is 64.1 Å². The highest BCUT2D eigenvalue weighted by atomic mass is 79.9. The van der Waals surface area contributed by atoms with Gasteiger partial charge in [-0.05, 0) is 29.3 Å². The lowest BCUT2D eigenvalue weighted by Gasteiger charge is -2.18. The molecule has 0 aliphatic carbocycles. The first kappa shape index (κ1) is 16.0. The van der Waals surface area contributed by atoms with Crippen molar-refractivity contribution in [3.8, 4) is 0 Å². The molecule has 0 fully saturated rings. The molecule has 2 aromatic carbocycles. The van der Waals surface area contributed by atoms with E-state index in [1.807, 2.05) is 24.3 Å². The van der Waals surface area contributed by atoms with E-state index < -0.39 is 10.0 Å². The van der Waals surface area contributed by atoms with Gasteiger partial charge in [0.1, 0.15) is 0 Å². The first-order chi connectivity index (χ1) is 9.88. The molecule has 0 aliphatic heterocycles. The molecule has 0 aromatic heterocycles. The molecule has 0 atom stereocenters. The van der Waals surface area contributed by atoms with Crippen LogP contribution in [0.2, 0.25) is 0 Å². The molecule has 0 saturated heterocycles. The molecular formula is C15H17BrN2O2S. The minimum atomic E-state index is -3.39. The third kappa shape index (κ3) is 4.30. The number of nitrogen functional groups attached to an aromatic ring is 1. The molecule has 21 heavy (non-hydrogen) atoms. The molecule has 112 valence electrons. The maximum absolute atomic E-state index is 12.4. The normalized spacial score (nSPS) is 11.8. The summed E-state index contributed by atoms with van der Waals surface area (Å²) in [5.41, 5.74) is 7.86. The smallest absolute Gasteiger partial charge is 0.218 e. The van der Waals surface area contributed by atoms with Crippen LogP contribution in [0, 0.1) is 0 Å².